The fraction of sp³-hybridized carbons (Fsp3) is 0.417. The number of morpholine rings is 1. The molecule has 0 saturated carbocycles. The second-order valence-electron chi connectivity index (χ2n) is 4.08. The quantitative estimate of drug-likeness (QED) is 0.748. The molecule has 0 radical (unpaired) electrons. The Morgan fingerprint density at radius 1 is 1.41 bits per heavy atom. The van der Waals surface area contributed by atoms with E-state index in [1.807, 2.05) is 0 Å². The highest BCUT2D eigenvalue weighted by Crippen LogP contribution is 2.19. The topological polar surface area (TPSA) is 55.6 Å². The molecular formula is C12H15FN2O2. The van der Waals surface area contributed by atoms with Crippen molar-refractivity contribution in [3.63, 3.8) is 0 Å². The van der Waals surface area contributed by atoms with Crippen LogP contribution in [0, 0.1) is 12.7 Å². The van der Waals surface area contributed by atoms with Crippen LogP contribution in [-0.2, 0) is 4.74 Å². The first-order chi connectivity index (χ1) is 8.09. The standard InChI is InChI=1S/C12H15FN2O2/c1-8-10(13)6-9(7-11(8)14)12(16)15-2-4-17-5-3-15/h6-7H,2-5,14H2,1H3. The van der Waals surface area contributed by atoms with Crippen molar-refractivity contribution in [1.29, 1.82) is 0 Å². The molecule has 0 aliphatic carbocycles. The molecule has 92 valence electrons. The normalized spacial score (nSPS) is 16.0. The van der Waals surface area contributed by atoms with E-state index in [-0.39, 0.29) is 5.91 Å². The number of nitrogen functional groups attached to an aromatic ring is 1. The minimum absolute atomic E-state index is 0.195. The van der Waals surface area contributed by atoms with Crippen molar-refractivity contribution in [2.45, 2.75) is 6.92 Å². The van der Waals surface area contributed by atoms with E-state index < -0.39 is 5.82 Å². The number of hydrogen-bond donors (Lipinski definition) is 1. The van der Waals surface area contributed by atoms with Gasteiger partial charge in [-0.25, -0.2) is 4.39 Å². The molecule has 0 spiro atoms. The number of benzene rings is 1. The summed E-state index contributed by atoms with van der Waals surface area (Å²) in [5, 5.41) is 0. The summed E-state index contributed by atoms with van der Waals surface area (Å²) in [7, 11) is 0. The number of amides is 1. The van der Waals surface area contributed by atoms with Crippen molar-refractivity contribution in [1.82, 2.24) is 4.90 Å². The minimum Gasteiger partial charge on any atom is -0.398 e. The van der Waals surface area contributed by atoms with E-state index >= 15 is 0 Å². The molecule has 1 aliphatic rings. The maximum absolute atomic E-state index is 13.5. The van der Waals surface area contributed by atoms with E-state index in [2.05, 4.69) is 0 Å². The van der Waals surface area contributed by atoms with Gasteiger partial charge < -0.3 is 15.4 Å². The SMILES string of the molecule is Cc1c(N)cc(C(=O)N2CCOCC2)cc1F. The summed E-state index contributed by atoms with van der Waals surface area (Å²) in [6, 6.07) is 2.76. The van der Waals surface area contributed by atoms with Gasteiger partial charge in [-0.05, 0) is 19.1 Å². The Morgan fingerprint density at radius 2 is 2.06 bits per heavy atom. The van der Waals surface area contributed by atoms with Gasteiger partial charge in [0.05, 0.1) is 13.2 Å². The predicted octanol–water partition coefficient (Wildman–Crippen LogP) is 1.19. The van der Waals surface area contributed by atoms with Crippen LogP contribution in [-0.4, -0.2) is 37.1 Å². The van der Waals surface area contributed by atoms with Crippen LogP contribution in [0.15, 0.2) is 12.1 Å². The number of hydrogen-bond acceptors (Lipinski definition) is 3. The monoisotopic (exact) mass is 238 g/mol. The molecule has 1 fully saturated rings. The van der Waals surface area contributed by atoms with Crippen molar-refractivity contribution < 1.29 is 13.9 Å². The molecule has 1 heterocycles. The Hall–Kier alpha value is -1.62. The zero-order valence-electron chi connectivity index (χ0n) is 9.70. The van der Waals surface area contributed by atoms with E-state index in [9.17, 15) is 9.18 Å². The molecule has 5 heteroatoms. The van der Waals surface area contributed by atoms with Gasteiger partial charge >= 0.3 is 0 Å². The largest absolute Gasteiger partial charge is 0.398 e. The Balaban J connectivity index is 2.24. The molecule has 0 aromatic heterocycles. The number of carbonyl (C=O) groups excluding carboxylic acids is 1. The van der Waals surface area contributed by atoms with Crippen molar-refractivity contribution in [3.05, 3.63) is 29.1 Å². The highest BCUT2D eigenvalue weighted by Gasteiger charge is 2.20. The summed E-state index contributed by atoms with van der Waals surface area (Å²) in [5.74, 6) is -0.638. The average molecular weight is 238 g/mol. The van der Waals surface area contributed by atoms with Crippen LogP contribution in [0.25, 0.3) is 0 Å². The number of ether oxygens (including phenoxy) is 1. The van der Waals surface area contributed by atoms with Gasteiger partial charge in [-0.3, -0.25) is 4.79 Å². The second kappa shape index (κ2) is 4.71. The van der Waals surface area contributed by atoms with Crippen LogP contribution in [0.5, 0.6) is 0 Å². The first kappa shape index (κ1) is 11.9. The number of halogens is 1. The molecule has 2 N–H and O–H groups in total. The van der Waals surface area contributed by atoms with Crippen LogP contribution < -0.4 is 5.73 Å². The van der Waals surface area contributed by atoms with Crippen LogP contribution in [0.4, 0.5) is 10.1 Å². The predicted molar refractivity (Wildman–Crippen MR) is 62.3 cm³/mol. The van der Waals surface area contributed by atoms with Crippen molar-refractivity contribution in [3.8, 4) is 0 Å². The third-order valence-electron chi connectivity index (χ3n) is 2.93. The lowest BCUT2D eigenvalue weighted by atomic mass is 10.1. The van der Waals surface area contributed by atoms with Gasteiger partial charge in [-0.15, -0.1) is 0 Å². The van der Waals surface area contributed by atoms with Crippen LogP contribution in [0.2, 0.25) is 0 Å². The maximum atomic E-state index is 13.5. The molecule has 1 saturated heterocycles. The van der Waals surface area contributed by atoms with E-state index in [0.717, 1.165) is 0 Å². The van der Waals surface area contributed by atoms with Gasteiger partial charge in [0.15, 0.2) is 0 Å². The number of rotatable bonds is 1. The van der Waals surface area contributed by atoms with Gasteiger partial charge in [0.2, 0.25) is 0 Å². The van der Waals surface area contributed by atoms with Crippen molar-refractivity contribution in [2.24, 2.45) is 0 Å². The summed E-state index contributed by atoms with van der Waals surface area (Å²) in [4.78, 5) is 13.7. The van der Waals surface area contributed by atoms with Gasteiger partial charge in [0.25, 0.3) is 5.91 Å². The molecule has 0 unspecified atom stereocenters. The highest BCUT2D eigenvalue weighted by molar-refractivity contribution is 5.95. The van der Waals surface area contributed by atoms with Crippen LogP contribution in [0.3, 0.4) is 0 Å². The van der Waals surface area contributed by atoms with Gasteiger partial charge in [0.1, 0.15) is 5.82 Å². The zero-order chi connectivity index (χ0) is 12.4. The molecule has 1 aliphatic heterocycles. The number of nitrogens with zero attached hydrogens (tertiary/aromatic N) is 1. The smallest absolute Gasteiger partial charge is 0.254 e. The number of anilines is 1. The molecular weight excluding hydrogens is 223 g/mol. The number of nitrogens with two attached hydrogens (primary N) is 1. The second-order valence-corrected chi connectivity index (χ2v) is 4.08. The minimum atomic E-state index is -0.443. The Morgan fingerprint density at radius 3 is 2.65 bits per heavy atom. The van der Waals surface area contributed by atoms with Crippen molar-refractivity contribution >= 4 is 11.6 Å². The molecule has 1 amide bonds. The summed E-state index contributed by atoms with van der Waals surface area (Å²) in [6.45, 7) is 3.71. The number of carbonyl (C=O) groups is 1. The van der Waals surface area contributed by atoms with Crippen LogP contribution >= 0.6 is 0 Å². The molecule has 0 atom stereocenters. The van der Waals surface area contributed by atoms with Crippen molar-refractivity contribution in [2.75, 3.05) is 32.0 Å². The summed E-state index contributed by atoms with van der Waals surface area (Å²) < 4.78 is 18.7. The Labute approximate surface area is 99.2 Å². The van der Waals surface area contributed by atoms with E-state index in [0.29, 0.717) is 43.1 Å². The molecule has 1 aromatic rings. The van der Waals surface area contributed by atoms with Gasteiger partial charge in [0, 0.05) is 29.9 Å². The van der Waals surface area contributed by atoms with Gasteiger partial charge in [-0.2, -0.15) is 0 Å². The maximum Gasteiger partial charge on any atom is 0.254 e. The third-order valence-corrected chi connectivity index (χ3v) is 2.93. The van der Waals surface area contributed by atoms with E-state index in [4.69, 9.17) is 10.5 Å². The zero-order valence-corrected chi connectivity index (χ0v) is 9.70. The fourth-order valence-electron chi connectivity index (χ4n) is 1.77. The summed E-state index contributed by atoms with van der Waals surface area (Å²) >= 11 is 0. The Kier molecular flexibility index (Phi) is 3.28. The fourth-order valence-corrected chi connectivity index (χ4v) is 1.77. The summed E-state index contributed by atoms with van der Waals surface area (Å²) in [6.07, 6.45) is 0. The first-order valence-electron chi connectivity index (χ1n) is 5.52. The Bertz CT molecular complexity index is 419. The molecule has 2 rings (SSSR count). The third kappa shape index (κ3) is 2.39. The van der Waals surface area contributed by atoms with E-state index in [1.54, 1.807) is 11.8 Å². The van der Waals surface area contributed by atoms with Crippen LogP contribution in [0.1, 0.15) is 15.9 Å². The highest BCUT2D eigenvalue weighted by atomic mass is 19.1. The lowest BCUT2D eigenvalue weighted by Gasteiger charge is -2.27. The first-order valence-corrected chi connectivity index (χ1v) is 5.52. The summed E-state index contributed by atoms with van der Waals surface area (Å²) in [5.41, 5.74) is 6.64. The lowest BCUT2D eigenvalue weighted by Crippen LogP contribution is -2.40. The molecule has 0 bridgehead atoms. The molecule has 1 aromatic carbocycles. The van der Waals surface area contributed by atoms with E-state index in [1.165, 1.54) is 12.1 Å². The lowest BCUT2D eigenvalue weighted by molar-refractivity contribution is 0.0302. The molecule has 4 nitrogen and oxygen atoms in total. The average Bonchev–Trinajstić information content (AvgIpc) is 2.35. The molecule has 17 heavy (non-hydrogen) atoms. The van der Waals surface area contributed by atoms with Gasteiger partial charge in [-0.1, -0.05) is 0 Å².